The Morgan fingerprint density at radius 3 is 2.14 bits per heavy atom. The summed E-state index contributed by atoms with van der Waals surface area (Å²) in [5.74, 6) is -3.59. The lowest BCUT2D eigenvalue weighted by Gasteiger charge is -2.45. The van der Waals surface area contributed by atoms with E-state index in [-0.39, 0.29) is 5.56 Å². The third-order valence-electron chi connectivity index (χ3n) is 4.70. The first kappa shape index (κ1) is 28.6. The summed E-state index contributed by atoms with van der Waals surface area (Å²) in [6, 6.07) is -1.50. The van der Waals surface area contributed by atoms with Gasteiger partial charge in [-0.15, -0.1) is 0 Å². The van der Waals surface area contributed by atoms with Crippen LogP contribution in [0.15, 0.2) is 15.8 Å². The molecule has 5 atom stereocenters. The van der Waals surface area contributed by atoms with E-state index >= 15 is 0 Å². The summed E-state index contributed by atoms with van der Waals surface area (Å²) < 4.78 is 19.9. The van der Waals surface area contributed by atoms with Gasteiger partial charge < -0.3 is 24.3 Å². The van der Waals surface area contributed by atoms with Crippen LogP contribution in [0.25, 0.3) is 0 Å². The minimum Gasteiger partial charge on any atom is -0.463 e. The molecule has 0 radical (unpaired) electrons. The summed E-state index contributed by atoms with van der Waals surface area (Å²) in [6.07, 6.45) is -4.65. The van der Waals surface area contributed by atoms with Gasteiger partial charge in [0, 0.05) is 32.5 Å². The Bertz CT molecular complexity index is 1110. The molecule has 1 amide bonds. The van der Waals surface area contributed by atoms with Crippen LogP contribution in [-0.4, -0.2) is 68.1 Å². The first-order valence-electron chi connectivity index (χ1n) is 9.94. The Kier molecular flexibility index (Phi) is 9.34. The average molecular weight is 559 g/mol. The van der Waals surface area contributed by atoms with Crippen LogP contribution in [0.2, 0.25) is 0 Å². The van der Waals surface area contributed by atoms with Gasteiger partial charge in [0.25, 0.3) is 15.3 Å². The van der Waals surface area contributed by atoms with Crippen LogP contribution < -0.4 is 16.6 Å². The van der Waals surface area contributed by atoms with Gasteiger partial charge >= 0.3 is 23.6 Å². The molecule has 1 aliphatic heterocycles. The second kappa shape index (κ2) is 11.4. The summed E-state index contributed by atoms with van der Waals surface area (Å²) in [4.78, 5) is 74.3. The molecule has 1 aromatic heterocycles. The molecule has 0 saturated carbocycles. The molecule has 0 aliphatic carbocycles. The topological polar surface area (TPSA) is 172 Å². The second-order valence-corrected chi connectivity index (χ2v) is 9.77. The smallest absolute Gasteiger partial charge is 0.330 e. The molecule has 0 spiro atoms. The molecule has 35 heavy (non-hydrogen) atoms. The number of halogens is 3. The standard InChI is InChI=1S/C19H22Cl3N3O10/c1-7-5-25(18(31)24-15(7)29)16-12(23-17(30)19(20,21)22)14(34-10(4)28)13(33-9(3)27)11(35-16)6-32-8(2)26/h5,11-14,16H,6H2,1-4H3,(H,23,30)(H,24,29,31)/t11-,12-,13+,14-,16+/m0/s1. The average Bonchev–Trinajstić information content (AvgIpc) is 2.71. The van der Waals surface area contributed by atoms with E-state index in [0.29, 0.717) is 0 Å². The van der Waals surface area contributed by atoms with Gasteiger partial charge in [0.2, 0.25) is 0 Å². The highest BCUT2D eigenvalue weighted by Gasteiger charge is 2.53. The Hall–Kier alpha value is -2.61. The van der Waals surface area contributed by atoms with E-state index in [9.17, 15) is 28.8 Å². The molecule has 194 valence electrons. The Morgan fingerprint density at radius 2 is 1.63 bits per heavy atom. The summed E-state index contributed by atoms with van der Waals surface area (Å²) in [7, 11) is 0. The van der Waals surface area contributed by atoms with Crippen molar-refractivity contribution in [3.8, 4) is 0 Å². The number of ether oxygens (including phenoxy) is 4. The number of H-pyrrole nitrogens is 1. The first-order chi connectivity index (χ1) is 16.1. The van der Waals surface area contributed by atoms with Gasteiger partial charge in [0.05, 0.1) is 0 Å². The predicted molar refractivity (Wildman–Crippen MR) is 120 cm³/mol. The zero-order valence-electron chi connectivity index (χ0n) is 18.8. The molecule has 0 unspecified atom stereocenters. The molecule has 1 aliphatic rings. The lowest BCUT2D eigenvalue weighted by Crippen LogP contribution is -2.66. The van der Waals surface area contributed by atoms with Gasteiger partial charge in [-0.2, -0.15) is 0 Å². The van der Waals surface area contributed by atoms with Crippen molar-refractivity contribution in [2.24, 2.45) is 0 Å². The van der Waals surface area contributed by atoms with Crippen molar-refractivity contribution in [1.29, 1.82) is 0 Å². The molecular weight excluding hydrogens is 537 g/mol. The predicted octanol–water partition coefficient (Wildman–Crippen LogP) is 0.0239. The van der Waals surface area contributed by atoms with Crippen LogP contribution >= 0.6 is 34.8 Å². The maximum Gasteiger partial charge on any atom is 0.330 e. The third-order valence-corrected chi connectivity index (χ3v) is 5.21. The number of aryl methyl sites for hydroxylation is 1. The molecule has 1 aromatic rings. The SMILES string of the molecule is CC(=O)OC[C@@H]1O[C@@H](n2cc(C)c(=O)[nH]c2=O)[C@@H](NC(=O)C(Cl)(Cl)Cl)[C@H](OC(C)=O)[C@@H]1OC(C)=O. The zero-order valence-corrected chi connectivity index (χ0v) is 21.1. The summed E-state index contributed by atoms with van der Waals surface area (Å²) in [5.41, 5.74) is -1.56. The number of hydrogen-bond acceptors (Lipinski definition) is 10. The highest BCUT2D eigenvalue weighted by Crippen LogP contribution is 2.34. The van der Waals surface area contributed by atoms with Crippen molar-refractivity contribution in [1.82, 2.24) is 14.9 Å². The highest BCUT2D eigenvalue weighted by molar-refractivity contribution is 6.76. The second-order valence-electron chi connectivity index (χ2n) is 7.49. The van der Waals surface area contributed by atoms with Crippen molar-refractivity contribution in [3.63, 3.8) is 0 Å². The number of nitrogens with zero attached hydrogens (tertiary/aromatic N) is 1. The molecule has 0 aromatic carbocycles. The highest BCUT2D eigenvalue weighted by atomic mass is 35.6. The molecule has 0 bridgehead atoms. The zero-order chi connectivity index (χ0) is 26.7. The molecule has 1 fully saturated rings. The van der Waals surface area contributed by atoms with Gasteiger partial charge in [0.15, 0.2) is 18.4 Å². The molecule has 1 saturated heterocycles. The quantitative estimate of drug-likeness (QED) is 0.275. The third kappa shape index (κ3) is 7.43. The monoisotopic (exact) mass is 557 g/mol. The van der Waals surface area contributed by atoms with Crippen molar-refractivity contribution >= 4 is 58.6 Å². The van der Waals surface area contributed by atoms with E-state index < -0.39 is 76.0 Å². The molecule has 16 heteroatoms. The van der Waals surface area contributed by atoms with Crippen molar-refractivity contribution in [2.75, 3.05) is 6.61 Å². The van der Waals surface area contributed by atoms with Crippen molar-refractivity contribution < 1.29 is 38.1 Å². The molecule has 2 heterocycles. The molecule has 13 nitrogen and oxygen atoms in total. The van der Waals surface area contributed by atoms with Gasteiger partial charge in [0.1, 0.15) is 18.8 Å². The minimum absolute atomic E-state index is 0.0855. The summed E-state index contributed by atoms with van der Waals surface area (Å²) in [6.45, 7) is 4.12. The first-order valence-corrected chi connectivity index (χ1v) is 11.1. The summed E-state index contributed by atoms with van der Waals surface area (Å²) in [5, 5.41) is 2.33. The van der Waals surface area contributed by atoms with Crippen LogP contribution in [-0.2, 0) is 38.1 Å². The van der Waals surface area contributed by atoms with E-state index in [1.807, 2.05) is 0 Å². The van der Waals surface area contributed by atoms with Crippen LogP contribution in [0, 0.1) is 6.92 Å². The summed E-state index contributed by atoms with van der Waals surface area (Å²) >= 11 is 17.0. The lowest BCUT2D eigenvalue weighted by molar-refractivity contribution is -0.238. The number of hydrogen-bond donors (Lipinski definition) is 2. The fourth-order valence-corrected chi connectivity index (χ4v) is 3.48. The molecular formula is C19H22Cl3N3O10. The number of rotatable bonds is 6. The Balaban J connectivity index is 2.71. The number of carbonyl (C=O) groups excluding carboxylic acids is 4. The van der Waals surface area contributed by atoms with Crippen LogP contribution in [0.4, 0.5) is 0 Å². The maximum atomic E-state index is 12.6. The number of nitrogens with one attached hydrogen (secondary N) is 2. The van der Waals surface area contributed by atoms with Crippen LogP contribution in [0.5, 0.6) is 0 Å². The van der Waals surface area contributed by atoms with E-state index in [4.69, 9.17) is 53.8 Å². The Morgan fingerprint density at radius 1 is 1.06 bits per heavy atom. The number of amides is 1. The van der Waals surface area contributed by atoms with Gasteiger partial charge in [-0.3, -0.25) is 33.5 Å². The molecule has 2 rings (SSSR count). The van der Waals surface area contributed by atoms with E-state index in [1.165, 1.54) is 6.92 Å². The number of alkyl halides is 3. The maximum absolute atomic E-state index is 12.6. The largest absolute Gasteiger partial charge is 0.463 e. The molecule has 2 N–H and O–H groups in total. The Labute approximate surface area is 212 Å². The number of aromatic amines is 1. The fourth-order valence-electron chi connectivity index (χ4n) is 3.32. The number of carbonyl (C=O) groups is 4. The van der Waals surface area contributed by atoms with Gasteiger partial charge in [-0.25, -0.2) is 4.79 Å². The normalized spacial score (nSPS) is 24.3. The van der Waals surface area contributed by atoms with Crippen molar-refractivity contribution in [3.05, 3.63) is 32.6 Å². The minimum atomic E-state index is -2.48. The van der Waals surface area contributed by atoms with Crippen LogP contribution in [0.1, 0.15) is 32.6 Å². The van der Waals surface area contributed by atoms with E-state index in [1.54, 1.807) is 0 Å². The van der Waals surface area contributed by atoms with Gasteiger partial charge in [-0.1, -0.05) is 34.8 Å². The van der Waals surface area contributed by atoms with E-state index in [2.05, 4.69) is 10.3 Å². The van der Waals surface area contributed by atoms with Gasteiger partial charge in [-0.05, 0) is 6.92 Å². The van der Waals surface area contributed by atoms with Crippen LogP contribution in [0.3, 0.4) is 0 Å². The fraction of sp³-hybridized carbons (Fsp3) is 0.579. The van der Waals surface area contributed by atoms with Crippen molar-refractivity contribution in [2.45, 2.75) is 62.1 Å². The number of aromatic nitrogens is 2. The van der Waals surface area contributed by atoms with E-state index in [0.717, 1.165) is 31.5 Å². The lowest BCUT2D eigenvalue weighted by atomic mass is 9.94. The number of esters is 3.